The molecule has 0 aromatic heterocycles. The van der Waals surface area contributed by atoms with Crippen molar-refractivity contribution in [3.63, 3.8) is 0 Å². The molecule has 96 valence electrons. The molecular formula is C14H17FN2O. The van der Waals surface area contributed by atoms with Crippen LogP contribution in [0.3, 0.4) is 0 Å². The molecule has 0 saturated carbocycles. The second-order valence-corrected chi connectivity index (χ2v) is 4.28. The molecule has 1 aromatic rings. The zero-order valence-electron chi connectivity index (χ0n) is 10.8. The third-order valence-corrected chi connectivity index (χ3v) is 2.97. The smallest absolute Gasteiger partial charge is 0.149 e. The fourth-order valence-electron chi connectivity index (χ4n) is 1.70. The van der Waals surface area contributed by atoms with Gasteiger partial charge < -0.3 is 15.0 Å². The lowest BCUT2D eigenvalue weighted by Gasteiger charge is -2.24. The minimum absolute atomic E-state index is 0.270. The van der Waals surface area contributed by atoms with E-state index in [1.165, 1.54) is 6.07 Å². The van der Waals surface area contributed by atoms with Gasteiger partial charge in [0.05, 0.1) is 5.69 Å². The van der Waals surface area contributed by atoms with Crippen LogP contribution in [0.1, 0.15) is 6.92 Å². The molecule has 1 aliphatic rings. The maximum Gasteiger partial charge on any atom is 0.149 e. The Morgan fingerprint density at radius 1 is 1.39 bits per heavy atom. The first-order chi connectivity index (χ1) is 8.60. The number of hydrogen-bond acceptors (Lipinski definition) is 3. The molecule has 0 saturated heterocycles. The van der Waals surface area contributed by atoms with E-state index in [9.17, 15) is 4.39 Å². The lowest BCUT2D eigenvalue weighted by Crippen LogP contribution is -2.25. The molecule has 1 aromatic carbocycles. The van der Waals surface area contributed by atoms with Crippen LogP contribution < -0.4 is 10.1 Å². The fourth-order valence-corrected chi connectivity index (χ4v) is 1.70. The molecular weight excluding hydrogens is 231 g/mol. The van der Waals surface area contributed by atoms with Gasteiger partial charge in [-0.25, -0.2) is 4.39 Å². The number of ether oxygens (including phenoxy) is 1. The van der Waals surface area contributed by atoms with Crippen molar-refractivity contribution >= 4 is 5.69 Å². The molecule has 0 aliphatic carbocycles. The summed E-state index contributed by atoms with van der Waals surface area (Å²) in [5.74, 6) is 0.914. The molecule has 1 N–H and O–H groups in total. The van der Waals surface area contributed by atoms with E-state index in [1.807, 2.05) is 25.4 Å². The van der Waals surface area contributed by atoms with Crippen molar-refractivity contribution in [2.45, 2.75) is 13.0 Å². The maximum atomic E-state index is 13.6. The summed E-state index contributed by atoms with van der Waals surface area (Å²) in [5, 5.41) is 2.77. The molecule has 0 bridgehead atoms. The summed E-state index contributed by atoms with van der Waals surface area (Å²) < 4.78 is 19.2. The first kappa shape index (κ1) is 12.5. The third-order valence-electron chi connectivity index (χ3n) is 2.97. The molecule has 2 rings (SSSR count). The minimum atomic E-state index is -0.319. The summed E-state index contributed by atoms with van der Waals surface area (Å²) in [5.41, 5.74) is 0.462. The number of nitrogens with zero attached hydrogens (tertiary/aromatic N) is 1. The lowest BCUT2D eigenvalue weighted by molar-refractivity contribution is 0.366. The average Bonchev–Trinajstić information content (AvgIpc) is 2.34. The van der Waals surface area contributed by atoms with Crippen LogP contribution in [0.15, 0.2) is 42.3 Å². The SMILES string of the molecule is CNc1ccc(OC2=CC(C)N(C)C=C2)cc1F. The highest BCUT2D eigenvalue weighted by atomic mass is 19.1. The van der Waals surface area contributed by atoms with Crippen LogP contribution in [0.5, 0.6) is 5.75 Å². The van der Waals surface area contributed by atoms with E-state index in [2.05, 4.69) is 17.1 Å². The van der Waals surface area contributed by atoms with Crippen molar-refractivity contribution in [2.75, 3.05) is 19.4 Å². The largest absolute Gasteiger partial charge is 0.457 e. The fraction of sp³-hybridized carbons (Fsp3) is 0.286. The minimum Gasteiger partial charge on any atom is -0.457 e. The zero-order valence-corrected chi connectivity index (χ0v) is 10.8. The Balaban J connectivity index is 2.13. The van der Waals surface area contributed by atoms with Crippen molar-refractivity contribution in [3.05, 3.63) is 48.1 Å². The first-order valence-corrected chi connectivity index (χ1v) is 5.87. The highest BCUT2D eigenvalue weighted by Gasteiger charge is 2.11. The van der Waals surface area contributed by atoms with E-state index in [-0.39, 0.29) is 11.9 Å². The first-order valence-electron chi connectivity index (χ1n) is 5.87. The number of anilines is 1. The second kappa shape index (κ2) is 5.12. The van der Waals surface area contributed by atoms with Gasteiger partial charge in [0.15, 0.2) is 0 Å². The van der Waals surface area contributed by atoms with Gasteiger partial charge in [0.2, 0.25) is 0 Å². The van der Waals surface area contributed by atoms with Gasteiger partial charge in [0.25, 0.3) is 0 Å². The number of rotatable bonds is 3. The molecule has 1 heterocycles. The molecule has 0 spiro atoms. The Hall–Kier alpha value is -1.97. The van der Waals surface area contributed by atoms with E-state index in [4.69, 9.17) is 4.74 Å². The summed E-state index contributed by atoms with van der Waals surface area (Å²) in [7, 11) is 3.68. The number of nitrogens with one attached hydrogen (secondary N) is 1. The second-order valence-electron chi connectivity index (χ2n) is 4.28. The number of benzene rings is 1. The third kappa shape index (κ3) is 2.64. The highest BCUT2D eigenvalue weighted by Crippen LogP contribution is 2.23. The monoisotopic (exact) mass is 248 g/mol. The Kier molecular flexibility index (Phi) is 3.55. The van der Waals surface area contributed by atoms with E-state index in [0.29, 0.717) is 11.4 Å². The summed E-state index contributed by atoms with van der Waals surface area (Å²) in [6, 6.07) is 5.05. The zero-order chi connectivity index (χ0) is 13.1. The van der Waals surface area contributed by atoms with E-state index < -0.39 is 0 Å². The summed E-state index contributed by atoms with van der Waals surface area (Å²) in [4.78, 5) is 2.07. The van der Waals surface area contributed by atoms with Crippen molar-refractivity contribution < 1.29 is 9.13 Å². The van der Waals surface area contributed by atoms with Crippen LogP contribution in [-0.2, 0) is 0 Å². The molecule has 18 heavy (non-hydrogen) atoms. The Morgan fingerprint density at radius 2 is 2.17 bits per heavy atom. The Labute approximate surface area is 107 Å². The van der Waals surface area contributed by atoms with E-state index >= 15 is 0 Å². The normalized spacial score (nSPS) is 18.6. The van der Waals surface area contributed by atoms with E-state index in [1.54, 1.807) is 19.2 Å². The molecule has 1 atom stereocenters. The van der Waals surface area contributed by atoms with Gasteiger partial charge >= 0.3 is 0 Å². The molecule has 0 amide bonds. The molecule has 4 heteroatoms. The van der Waals surface area contributed by atoms with Crippen LogP contribution in [0.2, 0.25) is 0 Å². The number of halogens is 1. The average molecular weight is 248 g/mol. The molecule has 3 nitrogen and oxygen atoms in total. The van der Waals surface area contributed by atoms with Gasteiger partial charge in [0.1, 0.15) is 17.3 Å². The van der Waals surface area contributed by atoms with E-state index in [0.717, 1.165) is 5.76 Å². The van der Waals surface area contributed by atoms with Crippen molar-refractivity contribution in [1.29, 1.82) is 0 Å². The summed E-state index contributed by atoms with van der Waals surface area (Å²) in [6.07, 6.45) is 5.80. The number of likely N-dealkylation sites (N-methyl/N-ethyl adjacent to an activating group) is 1. The topological polar surface area (TPSA) is 24.5 Å². The van der Waals surface area contributed by atoms with Crippen LogP contribution in [0, 0.1) is 5.82 Å². The predicted molar refractivity (Wildman–Crippen MR) is 71.0 cm³/mol. The quantitative estimate of drug-likeness (QED) is 0.890. The Morgan fingerprint density at radius 3 is 2.78 bits per heavy atom. The lowest BCUT2D eigenvalue weighted by atomic mass is 10.2. The summed E-state index contributed by atoms with van der Waals surface area (Å²) in [6.45, 7) is 2.07. The van der Waals surface area contributed by atoms with Gasteiger partial charge in [-0.3, -0.25) is 0 Å². The summed E-state index contributed by atoms with van der Waals surface area (Å²) >= 11 is 0. The van der Waals surface area contributed by atoms with Gasteiger partial charge in [-0.15, -0.1) is 0 Å². The molecule has 1 aliphatic heterocycles. The predicted octanol–water partition coefficient (Wildman–Crippen LogP) is 2.98. The van der Waals surface area contributed by atoms with Crippen LogP contribution in [-0.4, -0.2) is 25.0 Å². The van der Waals surface area contributed by atoms with Crippen LogP contribution in [0.25, 0.3) is 0 Å². The van der Waals surface area contributed by atoms with Gasteiger partial charge in [-0.2, -0.15) is 0 Å². The maximum absolute atomic E-state index is 13.6. The van der Waals surface area contributed by atoms with Crippen LogP contribution >= 0.6 is 0 Å². The molecule has 0 fully saturated rings. The standard InChI is InChI=1S/C14H17FN2O/c1-10-8-12(6-7-17(10)3)18-11-4-5-14(16-2)13(15)9-11/h4-10,16H,1-3H3. The van der Waals surface area contributed by atoms with Crippen molar-refractivity contribution in [2.24, 2.45) is 0 Å². The molecule has 0 radical (unpaired) electrons. The number of allylic oxidation sites excluding steroid dienone is 1. The van der Waals surface area contributed by atoms with Crippen molar-refractivity contribution in [1.82, 2.24) is 4.90 Å². The highest BCUT2D eigenvalue weighted by molar-refractivity contribution is 5.47. The van der Waals surface area contributed by atoms with Gasteiger partial charge in [-0.05, 0) is 31.2 Å². The van der Waals surface area contributed by atoms with Gasteiger partial charge in [-0.1, -0.05) is 0 Å². The van der Waals surface area contributed by atoms with Crippen LogP contribution in [0.4, 0.5) is 10.1 Å². The number of hydrogen-bond donors (Lipinski definition) is 1. The molecule has 1 unspecified atom stereocenters. The van der Waals surface area contributed by atoms with Crippen molar-refractivity contribution in [3.8, 4) is 5.75 Å². The Bertz CT molecular complexity index is 497. The van der Waals surface area contributed by atoms with Gasteiger partial charge in [0, 0.05) is 32.4 Å².